The normalized spacial score (nSPS) is 16.1. The van der Waals surface area contributed by atoms with Gasteiger partial charge in [0.1, 0.15) is 22.5 Å². The van der Waals surface area contributed by atoms with Crippen molar-refractivity contribution >= 4 is 54.5 Å². The van der Waals surface area contributed by atoms with Crippen LogP contribution in [0.4, 0.5) is 0 Å². The molecule has 2 nitrogen and oxygen atoms in total. The Morgan fingerprint density at radius 1 is 0.405 bits per heavy atom. The molecule has 0 fully saturated rings. The lowest BCUT2D eigenvalue weighted by Crippen LogP contribution is -1.90. The monoisotopic (exact) mass is 549 g/mol. The van der Waals surface area contributed by atoms with Crippen LogP contribution in [0.1, 0.15) is 17.8 Å². The summed E-state index contributed by atoms with van der Waals surface area (Å²) in [4.78, 5) is 0. The Bertz CT molecular complexity index is 3070. The summed E-state index contributed by atoms with van der Waals surface area (Å²) in [7, 11) is 0. The van der Waals surface area contributed by atoms with Gasteiger partial charge in [0.05, 0.1) is 17.8 Å². The van der Waals surface area contributed by atoms with Crippen LogP contribution in [0.15, 0.2) is 154 Å². The Morgan fingerprint density at radius 2 is 0.952 bits per heavy atom. The third-order valence-corrected chi connectivity index (χ3v) is 7.60. The van der Waals surface area contributed by atoms with E-state index < -0.39 is 84.1 Å². The van der Waals surface area contributed by atoms with Gasteiger partial charge >= 0.3 is 0 Å². The third kappa shape index (κ3) is 3.39. The Kier molecular flexibility index (Phi) is 2.95. The van der Waals surface area contributed by atoms with Crippen LogP contribution < -0.4 is 0 Å². The molecule has 2 heterocycles. The second-order valence-corrected chi connectivity index (χ2v) is 9.89. The predicted octanol–water partition coefficient (Wildman–Crippen LogP) is 11.6. The fourth-order valence-electron chi connectivity index (χ4n) is 5.83. The summed E-state index contributed by atoms with van der Waals surface area (Å²) in [5.74, 6) is 0.626. The van der Waals surface area contributed by atoms with Gasteiger partial charge in [0.15, 0.2) is 0 Å². The summed E-state index contributed by atoms with van der Waals surface area (Å²) in [6, 6.07) is 11.6. The van der Waals surface area contributed by atoms with Gasteiger partial charge in [0.25, 0.3) is 0 Å². The molecule has 0 atom stereocenters. The zero-order chi connectivity index (χ0) is 38.9. The van der Waals surface area contributed by atoms with E-state index in [1.807, 2.05) is 36.4 Å². The van der Waals surface area contributed by atoms with E-state index in [1.54, 1.807) is 30.3 Å². The second kappa shape index (κ2) is 8.95. The van der Waals surface area contributed by atoms with Crippen LogP contribution in [0.2, 0.25) is 0 Å². The van der Waals surface area contributed by atoms with E-state index in [0.717, 1.165) is 10.9 Å². The maximum Gasteiger partial charge on any atom is 0.136 e. The lowest BCUT2D eigenvalue weighted by atomic mass is 9.86. The van der Waals surface area contributed by atoms with Crippen molar-refractivity contribution in [3.8, 4) is 33.6 Å². The summed E-state index contributed by atoms with van der Waals surface area (Å²) >= 11 is 0. The van der Waals surface area contributed by atoms with Crippen molar-refractivity contribution in [2.45, 2.75) is 0 Å². The average Bonchev–Trinajstić information content (AvgIpc) is 3.80. The molecule has 0 amide bonds. The van der Waals surface area contributed by atoms with Crippen molar-refractivity contribution in [2.75, 3.05) is 0 Å². The Hall–Kier alpha value is -5.60. The maximum atomic E-state index is 9.24. The molecule has 42 heavy (non-hydrogen) atoms. The first-order valence-corrected chi connectivity index (χ1v) is 13.2. The summed E-state index contributed by atoms with van der Waals surface area (Å²) in [6.07, 6.45) is 0. The molecule has 0 aliphatic heterocycles. The predicted molar refractivity (Wildman–Crippen MR) is 175 cm³/mol. The molecule has 2 aromatic heterocycles. The highest BCUT2D eigenvalue weighted by Crippen LogP contribution is 2.45. The molecule has 0 saturated carbocycles. The molecule has 2 heteroatoms. The molecule has 0 bridgehead atoms. The highest BCUT2D eigenvalue weighted by molar-refractivity contribution is 6.23. The Morgan fingerprint density at radius 3 is 1.64 bits per heavy atom. The standard InChI is InChI=1S/C40H24O2/c1-3-11-25(12-4-1)37-24-33-35(42-37)21-22-36-40(33)32-23-27(19-20-34(32)41-36)39-30-17-9-7-15-28(30)38(26-13-5-2-6-14-26)29-16-8-10-18-31(29)39/h1-24H/i2D,5D,6D,7D,8D,9D,10D,13D,14D,15D,16D,17D,18D. The molecule has 0 spiro atoms. The maximum absolute atomic E-state index is 9.24. The topological polar surface area (TPSA) is 26.3 Å². The van der Waals surface area contributed by atoms with E-state index in [1.165, 1.54) is 0 Å². The summed E-state index contributed by atoms with van der Waals surface area (Å²) < 4.78 is 127. The minimum Gasteiger partial charge on any atom is -0.456 e. The van der Waals surface area contributed by atoms with E-state index >= 15 is 0 Å². The van der Waals surface area contributed by atoms with Crippen molar-refractivity contribution in [1.29, 1.82) is 0 Å². The second-order valence-electron chi connectivity index (χ2n) is 9.89. The van der Waals surface area contributed by atoms with Crippen molar-refractivity contribution in [3.63, 3.8) is 0 Å². The molecule has 196 valence electrons. The van der Waals surface area contributed by atoms with Crippen molar-refractivity contribution < 1.29 is 26.7 Å². The molecule has 0 N–H and O–H groups in total. The molecular weight excluding hydrogens is 512 g/mol. The number of furan rings is 2. The highest BCUT2D eigenvalue weighted by Gasteiger charge is 2.19. The van der Waals surface area contributed by atoms with E-state index in [0.29, 0.717) is 38.8 Å². The minimum absolute atomic E-state index is 0.0423. The van der Waals surface area contributed by atoms with Gasteiger partial charge in [0.2, 0.25) is 0 Å². The number of hydrogen-bond acceptors (Lipinski definition) is 2. The van der Waals surface area contributed by atoms with Crippen LogP contribution >= 0.6 is 0 Å². The lowest BCUT2D eigenvalue weighted by molar-refractivity contribution is 0.631. The van der Waals surface area contributed by atoms with Crippen LogP contribution in [0.5, 0.6) is 0 Å². The number of fused-ring (bicyclic) bond motifs is 7. The SMILES string of the molecule is [2H]c1c([2H])c([2H])c(-c2c3c([2H])c([2H])c([2H])c([2H])c3c(-c3ccc4oc5ccc6oc(-c7ccccc7)cc6c5c4c3)c3c([2H])c([2H])c([2H])c([2H])c23)c([2H])c1[2H]. The van der Waals surface area contributed by atoms with Gasteiger partial charge in [-0.2, -0.15) is 0 Å². The Balaban J connectivity index is 1.50. The van der Waals surface area contributed by atoms with Crippen LogP contribution in [0.25, 0.3) is 88.0 Å². The van der Waals surface area contributed by atoms with Gasteiger partial charge in [-0.05, 0) is 74.1 Å². The number of benzene rings is 7. The van der Waals surface area contributed by atoms with Gasteiger partial charge in [-0.15, -0.1) is 0 Å². The minimum atomic E-state index is -0.721. The van der Waals surface area contributed by atoms with E-state index in [4.69, 9.17) is 21.2 Å². The van der Waals surface area contributed by atoms with Gasteiger partial charge in [-0.3, -0.25) is 0 Å². The quantitative estimate of drug-likeness (QED) is 0.205. The van der Waals surface area contributed by atoms with Gasteiger partial charge in [-0.25, -0.2) is 0 Å². The number of rotatable bonds is 3. The zero-order valence-electron chi connectivity index (χ0n) is 34.7. The first-order chi connectivity index (χ1) is 26.2. The average molecular weight is 550 g/mol. The first kappa shape index (κ1) is 13.8. The summed E-state index contributed by atoms with van der Waals surface area (Å²) in [5, 5.41) is 1.18. The van der Waals surface area contributed by atoms with E-state index in [-0.39, 0.29) is 32.7 Å². The molecule has 0 unspecified atom stereocenters. The Labute approximate surface area is 260 Å². The highest BCUT2D eigenvalue weighted by atomic mass is 16.3. The number of hydrogen-bond donors (Lipinski definition) is 0. The third-order valence-electron chi connectivity index (χ3n) is 7.60. The molecule has 9 rings (SSSR count). The molecule has 0 aliphatic carbocycles. The van der Waals surface area contributed by atoms with Crippen LogP contribution in [0, 0.1) is 0 Å². The van der Waals surface area contributed by atoms with Crippen LogP contribution in [-0.4, -0.2) is 0 Å². The lowest BCUT2D eigenvalue weighted by Gasteiger charge is -2.17. The largest absolute Gasteiger partial charge is 0.456 e. The van der Waals surface area contributed by atoms with Crippen molar-refractivity contribution in [1.82, 2.24) is 0 Å². The molecule has 0 saturated heterocycles. The molecule has 0 aliphatic rings. The van der Waals surface area contributed by atoms with Gasteiger partial charge in [0, 0.05) is 21.7 Å². The molecular formula is C40H24O2. The summed E-state index contributed by atoms with van der Waals surface area (Å²) in [5.41, 5.74) is 2.03. The smallest absolute Gasteiger partial charge is 0.136 e. The van der Waals surface area contributed by atoms with E-state index in [9.17, 15) is 5.48 Å². The van der Waals surface area contributed by atoms with Gasteiger partial charge in [-0.1, -0.05) is 115 Å². The van der Waals surface area contributed by atoms with Crippen molar-refractivity contribution in [2.24, 2.45) is 0 Å². The van der Waals surface area contributed by atoms with E-state index in [2.05, 4.69) is 0 Å². The van der Waals surface area contributed by atoms with Crippen molar-refractivity contribution in [3.05, 3.63) is 145 Å². The fraction of sp³-hybridized carbons (Fsp3) is 0. The first-order valence-electron chi connectivity index (χ1n) is 19.7. The van der Waals surface area contributed by atoms with Crippen LogP contribution in [-0.2, 0) is 0 Å². The van der Waals surface area contributed by atoms with Crippen LogP contribution in [0.3, 0.4) is 0 Å². The van der Waals surface area contributed by atoms with Gasteiger partial charge < -0.3 is 8.83 Å². The molecule has 0 radical (unpaired) electrons. The molecule has 9 aromatic rings. The fourth-order valence-corrected chi connectivity index (χ4v) is 5.83. The summed E-state index contributed by atoms with van der Waals surface area (Å²) in [6.45, 7) is 0. The molecule has 7 aromatic carbocycles. The zero-order valence-corrected chi connectivity index (χ0v) is 21.7.